The van der Waals surface area contributed by atoms with Gasteiger partial charge in [-0.2, -0.15) is 0 Å². The minimum atomic E-state index is -0.445. The fourth-order valence-corrected chi connectivity index (χ4v) is 4.52. The molecule has 0 saturated carbocycles. The van der Waals surface area contributed by atoms with Crippen molar-refractivity contribution in [1.82, 2.24) is 14.5 Å². The lowest BCUT2D eigenvalue weighted by molar-refractivity contribution is 0.151. The molecular weight excluding hydrogens is 378 g/mol. The Hall–Kier alpha value is -3.12. The standard InChI is InChI=1S/C24H25N3O3/c1-15-7-5-6-12-27(15)14-18-21(28)11-10-16-13-17(24(29)30-22(16)18)23-25-19-8-3-4-9-20(19)26(23)2/h3-4,8-11,13,15,28H,5-7,12,14H2,1-2H3/t15-/m1/s1. The monoisotopic (exact) mass is 403 g/mol. The van der Waals surface area contributed by atoms with Crippen LogP contribution in [0.2, 0.25) is 0 Å². The molecule has 1 atom stereocenters. The number of para-hydroxylation sites is 2. The zero-order valence-corrected chi connectivity index (χ0v) is 17.3. The van der Waals surface area contributed by atoms with Crippen molar-refractivity contribution < 1.29 is 9.52 Å². The highest BCUT2D eigenvalue weighted by Crippen LogP contribution is 2.32. The molecule has 1 N–H and O–H groups in total. The first kappa shape index (κ1) is 18.9. The first-order chi connectivity index (χ1) is 14.5. The Morgan fingerprint density at radius 1 is 1.20 bits per heavy atom. The van der Waals surface area contributed by atoms with Gasteiger partial charge in [-0.3, -0.25) is 4.90 Å². The Morgan fingerprint density at radius 2 is 2.03 bits per heavy atom. The Kier molecular flexibility index (Phi) is 4.59. The fourth-order valence-electron chi connectivity index (χ4n) is 4.52. The third-order valence-corrected chi connectivity index (χ3v) is 6.31. The van der Waals surface area contributed by atoms with Gasteiger partial charge in [0.15, 0.2) is 0 Å². The summed E-state index contributed by atoms with van der Waals surface area (Å²) in [7, 11) is 1.90. The number of hydrogen-bond acceptors (Lipinski definition) is 5. The second-order valence-electron chi connectivity index (χ2n) is 8.23. The summed E-state index contributed by atoms with van der Waals surface area (Å²) in [5.41, 5.74) is 2.90. The second kappa shape index (κ2) is 7.29. The number of hydrogen-bond donors (Lipinski definition) is 1. The summed E-state index contributed by atoms with van der Waals surface area (Å²) in [5.74, 6) is 0.741. The molecule has 2 aromatic heterocycles. The molecule has 0 aliphatic carbocycles. The van der Waals surface area contributed by atoms with Crippen molar-refractivity contribution in [1.29, 1.82) is 0 Å². The number of phenolic OH excluding ortho intramolecular Hbond substituents is 1. The average Bonchev–Trinajstić information content (AvgIpc) is 3.08. The molecule has 6 nitrogen and oxygen atoms in total. The number of aromatic hydroxyl groups is 1. The van der Waals surface area contributed by atoms with E-state index in [4.69, 9.17) is 4.42 Å². The molecule has 5 rings (SSSR count). The van der Waals surface area contributed by atoms with Gasteiger partial charge in [0.05, 0.1) is 16.6 Å². The molecule has 0 amide bonds. The summed E-state index contributed by atoms with van der Waals surface area (Å²) in [4.78, 5) is 20.0. The molecule has 0 spiro atoms. The van der Waals surface area contributed by atoms with Crippen molar-refractivity contribution in [2.45, 2.75) is 38.8 Å². The van der Waals surface area contributed by atoms with Crippen LogP contribution in [0.25, 0.3) is 33.4 Å². The van der Waals surface area contributed by atoms with Crippen LogP contribution in [-0.2, 0) is 13.6 Å². The topological polar surface area (TPSA) is 71.5 Å². The minimum absolute atomic E-state index is 0.166. The number of likely N-dealkylation sites (tertiary alicyclic amines) is 1. The summed E-state index contributed by atoms with van der Waals surface area (Å²) in [5, 5.41) is 11.3. The molecule has 1 aliphatic heterocycles. The van der Waals surface area contributed by atoms with E-state index in [1.165, 1.54) is 6.42 Å². The zero-order chi connectivity index (χ0) is 20.8. The lowest BCUT2D eigenvalue weighted by Crippen LogP contribution is -2.36. The Morgan fingerprint density at radius 3 is 2.83 bits per heavy atom. The highest BCUT2D eigenvalue weighted by molar-refractivity contribution is 5.87. The summed E-state index contributed by atoms with van der Waals surface area (Å²) >= 11 is 0. The van der Waals surface area contributed by atoms with Gasteiger partial charge in [0.2, 0.25) is 0 Å². The predicted molar refractivity (Wildman–Crippen MR) is 118 cm³/mol. The molecule has 0 radical (unpaired) electrons. The molecule has 3 heterocycles. The Balaban J connectivity index is 1.63. The van der Waals surface area contributed by atoms with E-state index in [1.54, 1.807) is 12.1 Å². The third-order valence-electron chi connectivity index (χ3n) is 6.31. The average molecular weight is 403 g/mol. The summed E-state index contributed by atoms with van der Waals surface area (Å²) in [6.45, 7) is 3.76. The van der Waals surface area contributed by atoms with Crippen molar-refractivity contribution in [2.24, 2.45) is 7.05 Å². The van der Waals surface area contributed by atoms with Crippen LogP contribution in [0, 0.1) is 0 Å². The van der Waals surface area contributed by atoms with E-state index >= 15 is 0 Å². The largest absolute Gasteiger partial charge is 0.507 e. The van der Waals surface area contributed by atoms with Gasteiger partial charge in [0, 0.05) is 25.0 Å². The van der Waals surface area contributed by atoms with Gasteiger partial charge >= 0.3 is 5.63 Å². The van der Waals surface area contributed by atoms with Crippen LogP contribution in [0.5, 0.6) is 5.75 Å². The zero-order valence-electron chi connectivity index (χ0n) is 17.3. The van der Waals surface area contributed by atoms with Crippen LogP contribution in [0.1, 0.15) is 31.7 Å². The number of rotatable bonds is 3. The molecule has 1 saturated heterocycles. The molecule has 30 heavy (non-hydrogen) atoms. The van der Waals surface area contributed by atoms with Crippen molar-refractivity contribution in [3.05, 3.63) is 58.4 Å². The summed E-state index contributed by atoms with van der Waals surface area (Å²) < 4.78 is 7.70. The Bertz CT molecular complexity index is 1300. The highest BCUT2D eigenvalue weighted by atomic mass is 16.4. The van der Waals surface area contributed by atoms with Gasteiger partial charge in [0.25, 0.3) is 0 Å². The quantitative estimate of drug-likeness (QED) is 0.513. The van der Waals surface area contributed by atoms with E-state index < -0.39 is 5.63 Å². The molecule has 1 fully saturated rings. The van der Waals surface area contributed by atoms with E-state index in [9.17, 15) is 9.90 Å². The van der Waals surface area contributed by atoms with Gasteiger partial charge in [0.1, 0.15) is 22.7 Å². The first-order valence-corrected chi connectivity index (χ1v) is 10.5. The molecule has 0 unspecified atom stereocenters. The number of aryl methyl sites for hydroxylation is 1. The summed E-state index contributed by atoms with van der Waals surface area (Å²) in [6, 6.07) is 13.5. The van der Waals surface area contributed by atoms with Gasteiger partial charge in [-0.05, 0) is 56.6 Å². The maximum Gasteiger partial charge on any atom is 0.347 e. The van der Waals surface area contributed by atoms with E-state index in [2.05, 4.69) is 16.8 Å². The van der Waals surface area contributed by atoms with Gasteiger partial charge < -0.3 is 14.1 Å². The van der Waals surface area contributed by atoms with Crippen molar-refractivity contribution in [2.75, 3.05) is 6.54 Å². The first-order valence-electron chi connectivity index (χ1n) is 10.5. The number of benzene rings is 2. The predicted octanol–water partition coefficient (Wildman–Crippen LogP) is 4.43. The van der Waals surface area contributed by atoms with Gasteiger partial charge in [-0.15, -0.1) is 0 Å². The molecule has 6 heteroatoms. The van der Waals surface area contributed by atoms with Crippen LogP contribution >= 0.6 is 0 Å². The molecule has 0 bridgehead atoms. The van der Waals surface area contributed by atoms with Crippen LogP contribution < -0.4 is 5.63 Å². The number of aromatic nitrogens is 2. The molecule has 2 aromatic carbocycles. The van der Waals surface area contributed by atoms with E-state index in [0.29, 0.717) is 35.1 Å². The van der Waals surface area contributed by atoms with Crippen LogP contribution in [0.4, 0.5) is 0 Å². The van der Waals surface area contributed by atoms with Crippen molar-refractivity contribution in [3.8, 4) is 17.1 Å². The minimum Gasteiger partial charge on any atom is -0.507 e. The molecular formula is C24H25N3O3. The number of phenols is 1. The molecule has 154 valence electrons. The van der Waals surface area contributed by atoms with Crippen molar-refractivity contribution >= 4 is 22.0 Å². The molecule has 1 aliphatic rings. The van der Waals surface area contributed by atoms with Crippen LogP contribution in [0.15, 0.2) is 51.7 Å². The molecule has 4 aromatic rings. The van der Waals surface area contributed by atoms with E-state index in [1.807, 2.05) is 41.9 Å². The van der Waals surface area contributed by atoms with E-state index in [-0.39, 0.29) is 5.75 Å². The normalized spacial score (nSPS) is 17.7. The maximum atomic E-state index is 13.0. The van der Waals surface area contributed by atoms with Crippen LogP contribution in [0.3, 0.4) is 0 Å². The Labute approximate surface area is 174 Å². The lowest BCUT2D eigenvalue weighted by atomic mass is 10.0. The van der Waals surface area contributed by atoms with E-state index in [0.717, 1.165) is 35.8 Å². The van der Waals surface area contributed by atoms with Crippen molar-refractivity contribution in [3.63, 3.8) is 0 Å². The van der Waals surface area contributed by atoms with Gasteiger partial charge in [-0.1, -0.05) is 18.6 Å². The third kappa shape index (κ3) is 3.08. The van der Waals surface area contributed by atoms with Crippen LogP contribution in [-0.4, -0.2) is 32.1 Å². The number of nitrogens with zero attached hydrogens (tertiary/aromatic N) is 3. The highest BCUT2D eigenvalue weighted by Gasteiger charge is 2.23. The number of fused-ring (bicyclic) bond motifs is 2. The number of imidazole rings is 1. The summed E-state index contributed by atoms with van der Waals surface area (Å²) in [6.07, 6.45) is 3.53. The maximum absolute atomic E-state index is 13.0. The second-order valence-corrected chi connectivity index (χ2v) is 8.23. The smallest absolute Gasteiger partial charge is 0.347 e. The lowest BCUT2D eigenvalue weighted by Gasteiger charge is -2.33. The number of piperidine rings is 1. The SMILES string of the molecule is C[C@@H]1CCCCN1Cc1c(O)ccc2cc(-c3nc4ccccc4n3C)c(=O)oc12. The fraction of sp³-hybridized carbons (Fsp3) is 0.333. The van der Waals surface area contributed by atoms with Gasteiger partial charge in [-0.25, -0.2) is 9.78 Å².